The zero-order valence-corrected chi connectivity index (χ0v) is 11.9. The van der Waals surface area contributed by atoms with Crippen molar-refractivity contribution in [2.24, 2.45) is 5.92 Å². The highest BCUT2D eigenvalue weighted by Crippen LogP contribution is 2.46. The lowest BCUT2D eigenvalue weighted by molar-refractivity contribution is -0.120. The van der Waals surface area contributed by atoms with E-state index in [1.807, 2.05) is 24.3 Å². The van der Waals surface area contributed by atoms with Gasteiger partial charge < -0.3 is 5.32 Å². The maximum atomic E-state index is 12.5. The zero-order chi connectivity index (χ0) is 14.3. The summed E-state index contributed by atoms with van der Waals surface area (Å²) < 4.78 is 0. The second kappa shape index (κ2) is 4.60. The Morgan fingerprint density at radius 1 is 1.50 bits per heavy atom. The van der Waals surface area contributed by atoms with Crippen LogP contribution in [0.2, 0.25) is 0 Å². The Hall–Kier alpha value is -1.86. The number of nitriles is 1. The van der Waals surface area contributed by atoms with Gasteiger partial charge in [0.2, 0.25) is 5.91 Å². The van der Waals surface area contributed by atoms with Crippen LogP contribution in [0, 0.1) is 17.2 Å². The van der Waals surface area contributed by atoms with Crippen molar-refractivity contribution in [2.45, 2.75) is 31.7 Å². The molecule has 0 radical (unpaired) electrons. The third kappa shape index (κ3) is 1.82. The number of carbonyl (C=O) groups excluding carboxylic acids is 1. The highest BCUT2D eigenvalue weighted by Gasteiger charge is 2.54. The minimum atomic E-state index is -0.536. The predicted molar refractivity (Wildman–Crippen MR) is 77.2 cm³/mol. The summed E-state index contributed by atoms with van der Waals surface area (Å²) in [6.07, 6.45) is 0.596. The number of rotatable bonds is 2. The van der Waals surface area contributed by atoms with Crippen molar-refractivity contribution < 1.29 is 4.79 Å². The van der Waals surface area contributed by atoms with Gasteiger partial charge in [-0.15, -0.1) is 0 Å². The minimum absolute atomic E-state index is 0.0465. The van der Waals surface area contributed by atoms with E-state index in [1.165, 1.54) is 0 Å². The van der Waals surface area contributed by atoms with E-state index in [0.29, 0.717) is 18.9 Å². The lowest BCUT2D eigenvalue weighted by Crippen LogP contribution is -2.38. The monoisotopic (exact) mass is 269 g/mol. The van der Waals surface area contributed by atoms with Crippen LogP contribution in [0.15, 0.2) is 24.3 Å². The number of hydrogen-bond acceptors (Lipinski definition) is 3. The summed E-state index contributed by atoms with van der Waals surface area (Å²) in [6, 6.07) is 10.0. The number of nitrogens with zero attached hydrogens (tertiary/aromatic N) is 2. The van der Waals surface area contributed by atoms with E-state index in [9.17, 15) is 10.1 Å². The van der Waals surface area contributed by atoms with Gasteiger partial charge in [0, 0.05) is 18.8 Å². The lowest BCUT2D eigenvalue weighted by Gasteiger charge is -2.23. The summed E-state index contributed by atoms with van der Waals surface area (Å²) in [4.78, 5) is 14.7. The Morgan fingerprint density at radius 3 is 2.95 bits per heavy atom. The molecule has 3 rings (SSSR count). The van der Waals surface area contributed by atoms with Gasteiger partial charge >= 0.3 is 0 Å². The van der Waals surface area contributed by atoms with Crippen molar-refractivity contribution in [1.82, 2.24) is 4.90 Å². The maximum Gasteiger partial charge on any atom is 0.236 e. The summed E-state index contributed by atoms with van der Waals surface area (Å²) in [5.41, 5.74) is 1.42. The van der Waals surface area contributed by atoms with Gasteiger partial charge in [-0.25, -0.2) is 0 Å². The largest absolute Gasteiger partial charge is 0.325 e. The number of benzene rings is 1. The molecule has 4 heteroatoms. The molecule has 1 aromatic rings. The zero-order valence-electron chi connectivity index (χ0n) is 11.9. The normalized spacial score (nSPS) is 28.7. The molecule has 0 aromatic heterocycles. The Labute approximate surface area is 119 Å². The van der Waals surface area contributed by atoms with Crippen molar-refractivity contribution in [2.75, 3.05) is 18.4 Å². The van der Waals surface area contributed by atoms with Gasteiger partial charge in [0.05, 0.1) is 17.5 Å². The molecule has 4 nitrogen and oxygen atoms in total. The third-order valence-corrected chi connectivity index (χ3v) is 4.33. The van der Waals surface area contributed by atoms with Gasteiger partial charge in [-0.05, 0) is 24.0 Å². The lowest BCUT2D eigenvalue weighted by atomic mass is 9.80. The average Bonchev–Trinajstić information content (AvgIpc) is 2.90. The summed E-state index contributed by atoms with van der Waals surface area (Å²) >= 11 is 0. The molecule has 0 unspecified atom stereocenters. The van der Waals surface area contributed by atoms with E-state index < -0.39 is 5.41 Å². The van der Waals surface area contributed by atoms with Gasteiger partial charge in [-0.2, -0.15) is 5.26 Å². The minimum Gasteiger partial charge on any atom is -0.325 e. The van der Waals surface area contributed by atoms with E-state index in [2.05, 4.69) is 30.1 Å². The quantitative estimate of drug-likeness (QED) is 0.895. The second-order valence-electron chi connectivity index (χ2n) is 6.25. The Kier molecular flexibility index (Phi) is 3.02. The fraction of sp³-hybridized carbons (Fsp3) is 0.500. The Morgan fingerprint density at radius 2 is 2.25 bits per heavy atom. The molecule has 1 N–H and O–H groups in total. The maximum absolute atomic E-state index is 12.5. The summed E-state index contributed by atoms with van der Waals surface area (Å²) in [5, 5.41) is 12.4. The SMILES string of the molecule is CC(C)CN1C[C@]2(C[C@H]1C#N)C(=O)Nc1ccccc12. The summed E-state index contributed by atoms with van der Waals surface area (Å²) in [5.74, 6) is 0.533. The Balaban J connectivity index is 1.98. The fourth-order valence-corrected chi connectivity index (χ4v) is 3.50. The first-order valence-corrected chi connectivity index (χ1v) is 7.11. The molecule has 1 saturated heterocycles. The molecule has 1 amide bonds. The molecule has 1 aromatic carbocycles. The van der Waals surface area contributed by atoms with Crippen molar-refractivity contribution in [3.63, 3.8) is 0 Å². The molecule has 104 valence electrons. The first-order chi connectivity index (χ1) is 9.56. The smallest absolute Gasteiger partial charge is 0.236 e. The van der Waals surface area contributed by atoms with Crippen molar-refractivity contribution >= 4 is 11.6 Å². The first-order valence-electron chi connectivity index (χ1n) is 7.11. The first kappa shape index (κ1) is 13.1. The molecular formula is C16H19N3O. The van der Waals surface area contributed by atoms with E-state index in [-0.39, 0.29) is 11.9 Å². The highest BCUT2D eigenvalue weighted by atomic mass is 16.2. The fourth-order valence-electron chi connectivity index (χ4n) is 3.50. The van der Waals surface area contributed by atoms with Crippen LogP contribution in [0.1, 0.15) is 25.8 Å². The molecule has 0 saturated carbocycles. The van der Waals surface area contributed by atoms with Crippen LogP contribution in [-0.2, 0) is 10.2 Å². The molecule has 2 aliphatic heterocycles. The van der Waals surface area contributed by atoms with E-state index >= 15 is 0 Å². The van der Waals surface area contributed by atoms with Gasteiger partial charge in [-0.1, -0.05) is 32.0 Å². The standard InChI is InChI=1S/C16H19N3O/c1-11(2)9-19-10-16(7-12(19)8-17)13-5-3-4-6-14(13)18-15(16)20/h3-6,11-12H,7,9-10H2,1-2H3,(H,18,20)/t12-,16-/m0/s1. The van der Waals surface area contributed by atoms with Crippen LogP contribution in [-0.4, -0.2) is 29.9 Å². The topological polar surface area (TPSA) is 56.1 Å². The van der Waals surface area contributed by atoms with Crippen LogP contribution in [0.5, 0.6) is 0 Å². The Bertz CT molecular complexity index is 590. The molecule has 1 fully saturated rings. The highest BCUT2D eigenvalue weighted by molar-refractivity contribution is 6.06. The van der Waals surface area contributed by atoms with Gasteiger partial charge in [0.15, 0.2) is 0 Å². The second-order valence-corrected chi connectivity index (χ2v) is 6.25. The van der Waals surface area contributed by atoms with Gasteiger partial charge in [-0.3, -0.25) is 9.69 Å². The molecule has 0 bridgehead atoms. The van der Waals surface area contributed by atoms with Crippen molar-refractivity contribution in [1.29, 1.82) is 5.26 Å². The predicted octanol–water partition coefficient (Wildman–Crippen LogP) is 2.13. The number of para-hydroxylation sites is 1. The number of carbonyl (C=O) groups is 1. The molecule has 0 aliphatic carbocycles. The molecule has 2 heterocycles. The molecule has 2 atom stereocenters. The van der Waals surface area contributed by atoms with Crippen molar-refractivity contribution in [3.8, 4) is 6.07 Å². The van der Waals surface area contributed by atoms with Crippen LogP contribution < -0.4 is 5.32 Å². The van der Waals surface area contributed by atoms with Gasteiger partial charge in [0.25, 0.3) is 0 Å². The van der Waals surface area contributed by atoms with E-state index in [4.69, 9.17) is 0 Å². The molecule has 20 heavy (non-hydrogen) atoms. The number of hydrogen-bond donors (Lipinski definition) is 1. The number of fused-ring (bicyclic) bond motifs is 2. The summed E-state index contributed by atoms with van der Waals surface area (Å²) in [7, 11) is 0. The average molecular weight is 269 g/mol. The molecule has 2 aliphatic rings. The van der Waals surface area contributed by atoms with Gasteiger partial charge in [0.1, 0.15) is 0 Å². The van der Waals surface area contributed by atoms with E-state index in [1.54, 1.807) is 0 Å². The van der Waals surface area contributed by atoms with Crippen LogP contribution >= 0.6 is 0 Å². The molecular weight excluding hydrogens is 250 g/mol. The summed E-state index contributed by atoms with van der Waals surface area (Å²) in [6.45, 7) is 5.78. The van der Waals surface area contributed by atoms with Crippen LogP contribution in [0.3, 0.4) is 0 Å². The number of nitrogens with one attached hydrogen (secondary N) is 1. The molecule has 1 spiro atoms. The number of amides is 1. The van der Waals surface area contributed by atoms with Crippen LogP contribution in [0.25, 0.3) is 0 Å². The third-order valence-electron chi connectivity index (χ3n) is 4.33. The number of likely N-dealkylation sites (tertiary alicyclic amines) is 1. The van der Waals surface area contributed by atoms with E-state index in [0.717, 1.165) is 17.8 Å². The number of anilines is 1. The van der Waals surface area contributed by atoms with Crippen molar-refractivity contribution in [3.05, 3.63) is 29.8 Å². The van der Waals surface area contributed by atoms with Crippen LogP contribution in [0.4, 0.5) is 5.69 Å².